The molecule has 1 aliphatic rings. The van der Waals surface area contributed by atoms with E-state index in [9.17, 15) is 14.4 Å². The molecule has 10 nitrogen and oxygen atoms in total. The Morgan fingerprint density at radius 3 is 2.67 bits per heavy atom. The topological polar surface area (TPSA) is 127 Å². The highest BCUT2D eigenvalue weighted by Crippen LogP contribution is 2.32. The van der Waals surface area contributed by atoms with E-state index in [4.69, 9.17) is 14.2 Å². The zero-order valence-corrected chi connectivity index (χ0v) is 19.4. The molecular formula is C26H24N4O6. The van der Waals surface area contributed by atoms with Crippen LogP contribution in [0.1, 0.15) is 16.7 Å². The van der Waals surface area contributed by atoms with Gasteiger partial charge in [0, 0.05) is 12.2 Å². The molecule has 3 amide bonds. The predicted molar refractivity (Wildman–Crippen MR) is 132 cm³/mol. The number of carbonyl (C=O) groups excluding carboxylic acids is 3. The van der Waals surface area contributed by atoms with Crippen LogP contribution in [0.25, 0.3) is 0 Å². The number of hydrazone groups is 1. The highest BCUT2D eigenvalue weighted by Gasteiger charge is 2.15. The molecule has 0 saturated heterocycles. The first kappa shape index (κ1) is 24.3. The quantitative estimate of drug-likeness (QED) is 0.254. The van der Waals surface area contributed by atoms with Crippen LogP contribution in [0.3, 0.4) is 0 Å². The number of hydrogen-bond acceptors (Lipinski definition) is 7. The molecule has 0 fully saturated rings. The van der Waals surface area contributed by atoms with Gasteiger partial charge in [0.1, 0.15) is 5.75 Å². The highest BCUT2D eigenvalue weighted by atomic mass is 16.7. The van der Waals surface area contributed by atoms with Crippen LogP contribution in [0.15, 0.2) is 71.8 Å². The van der Waals surface area contributed by atoms with Crippen LogP contribution in [0.5, 0.6) is 17.2 Å². The number of hydrogen-bond donors (Lipinski definition) is 3. The summed E-state index contributed by atoms with van der Waals surface area (Å²) < 4.78 is 16.1. The Morgan fingerprint density at radius 2 is 1.81 bits per heavy atom. The van der Waals surface area contributed by atoms with E-state index in [2.05, 4.69) is 21.2 Å². The van der Waals surface area contributed by atoms with Gasteiger partial charge in [-0.05, 0) is 60.0 Å². The van der Waals surface area contributed by atoms with E-state index < -0.39 is 11.8 Å². The lowest BCUT2D eigenvalue weighted by molar-refractivity contribution is -0.139. The summed E-state index contributed by atoms with van der Waals surface area (Å²) >= 11 is 0. The van der Waals surface area contributed by atoms with Gasteiger partial charge in [-0.25, -0.2) is 5.43 Å². The summed E-state index contributed by atoms with van der Waals surface area (Å²) in [5.74, 6) is -0.357. The predicted octanol–water partition coefficient (Wildman–Crippen LogP) is 2.51. The van der Waals surface area contributed by atoms with Crippen LogP contribution in [0.2, 0.25) is 0 Å². The first-order valence-corrected chi connectivity index (χ1v) is 11.1. The van der Waals surface area contributed by atoms with Crippen molar-refractivity contribution in [3.05, 3.63) is 83.4 Å². The minimum atomic E-state index is -0.910. The first-order valence-electron chi connectivity index (χ1n) is 11.1. The molecule has 0 atom stereocenters. The van der Waals surface area contributed by atoms with Gasteiger partial charge in [-0.2, -0.15) is 5.10 Å². The molecule has 0 radical (unpaired) electrons. The molecule has 1 heterocycles. The van der Waals surface area contributed by atoms with Crippen LogP contribution < -0.4 is 30.3 Å². The Bertz CT molecular complexity index is 1310. The van der Waals surface area contributed by atoms with Gasteiger partial charge in [-0.1, -0.05) is 30.3 Å². The number of benzene rings is 3. The lowest BCUT2D eigenvalue weighted by Crippen LogP contribution is -2.37. The molecule has 10 heteroatoms. The van der Waals surface area contributed by atoms with Gasteiger partial charge in [0.25, 0.3) is 5.91 Å². The molecule has 0 spiro atoms. The van der Waals surface area contributed by atoms with Gasteiger partial charge in [0.05, 0.1) is 6.21 Å². The molecule has 0 bridgehead atoms. The summed E-state index contributed by atoms with van der Waals surface area (Å²) in [5, 5.41) is 9.09. The molecule has 36 heavy (non-hydrogen) atoms. The van der Waals surface area contributed by atoms with E-state index in [1.807, 2.05) is 25.1 Å². The number of ether oxygens (including phenoxy) is 3. The fourth-order valence-electron chi connectivity index (χ4n) is 3.28. The number of fused-ring (bicyclic) bond motifs is 1. The van der Waals surface area contributed by atoms with Gasteiger partial charge in [-0.15, -0.1) is 0 Å². The van der Waals surface area contributed by atoms with Crippen molar-refractivity contribution in [2.24, 2.45) is 5.10 Å². The van der Waals surface area contributed by atoms with Crippen LogP contribution in [-0.2, 0) is 20.9 Å². The molecule has 4 rings (SSSR count). The summed E-state index contributed by atoms with van der Waals surface area (Å²) in [7, 11) is 0. The minimum absolute atomic E-state index is 0.142. The van der Waals surface area contributed by atoms with E-state index in [-0.39, 0.29) is 25.9 Å². The van der Waals surface area contributed by atoms with Crippen LogP contribution >= 0.6 is 0 Å². The Balaban J connectivity index is 1.21. The minimum Gasteiger partial charge on any atom is -0.484 e. The van der Waals surface area contributed by atoms with Crippen LogP contribution in [0.4, 0.5) is 5.69 Å². The van der Waals surface area contributed by atoms with Gasteiger partial charge >= 0.3 is 11.8 Å². The second-order valence-electron chi connectivity index (χ2n) is 7.85. The number of carbonyl (C=O) groups is 3. The Kier molecular flexibility index (Phi) is 7.76. The zero-order valence-electron chi connectivity index (χ0n) is 19.4. The van der Waals surface area contributed by atoms with E-state index in [1.165, 1.54) is 6.21 Å². The molecule has 184 valence electrons. The highest BCUT2D eigenvalue weighted by molar-refractivity contribution is 6.35. The van der Waals surface area contributed by atoms with E-state index in [0.717, 1.165) is 11.1 Å². The van der Waals surface area contributed by atoms with Crippen LogP contribution in [-0.4, -0.2) is 37.3 Å². The van der Waals surface area contributed by atoms with Crippen molar-refractivity contribution in [2.45, 2.75) is 13.5 Å². The van der Waals surface area contributed by atoms with Crippen molar-refractivity contribution in [3.8, 4) is 17.2 Å². The van der Waals surface area contributed by atoms with Gasteiger partial charge < -0.3 is 24.8 Å². The normalized spacial score (nSPS) is 11.7. The van der Waals surface area contributed by atoms with E-state index in [0.29, 0.717) is 28.5 Å². The maximum absolute atomic E-state index is 12.1. The maximum atomic E-state index is 12.1. The molecular weight excluding hydrogens is 464 g/mol. The fraction of sp³-hybridized carbons (Fsp3) is 0.154. The lowest BCUT2D eigenvalue weighted by atomic mass is 10.2. The van der Waals surface area contributed by atoms with Crippen molar-refractivity contribution in [2.75, 3.05) is 18.7 Å². The first-order chi connectivity index (χ1) is 17.5. The van der Waals surface area contributed by atoms with Gasteiger partial charge in [0.15, 0.2) is 18.1 Å². The summed E-state index contributed by atoms with van der Waals surface area (Å²) in [6.07, 6.45) is 1.36. The SMILES string of the molecule is Cc1cccc(NC(=O)COc2cccc(/C=N\NC(=O)C(=O)NCc3ccc4c(c3)OCO4)c2)c1. The zero-order chi connectivity index (χ0) is 25.3. The molecule has 3 aromatic carbocycles. The van der Waals surface area contributed by atoms with E-state index >= 15 is 0 Å². The molecule has 1 aliphatic heterocycles. The van der Waals surface area contributed by atoms with Crippen molar-refractivity contribution < 1.29 is 28.6 Å². The molecule has 0 aliphatic carbocycles. The second-order valence-corrected chi connectivity index (χ2v) is 7.85. The second kappa shape index (κ2) is 11.5. The Hall–Kier alpha value is -4.86. The number of amides is 3. The van der Waals surface area contributed by atoms with Crippen molar-refractivity contribution >= 4 is 29.6 Å². The summed E-state index contributed by atoms with van der Waals surface area (Å²) in [6, 6.07) is 19.5. The lowest BCUT2D eigenvalue weighted by Gasteiger charge is -2.08. The molecule has 3 N–H and O–H groups in total. The monoisotopic (exact) mass is 488 g/mol. The van der Waals surface area contributed by atoms with E-state index in [1.54, 1.807) is 48.5 Å². The number of nitrogens with one attached hydrogen (secondary N) is 3. The third kappa shape index (κ3) is 6.83. The Labute approximate surface area is 207 Å². The number of rotatable bonds is 8. The molecule has 0 aromatic heterocycles. The number of nitrogens with zero attached hydrogens (tertiary/aromatic N) is 1. The smallest absolute Gasteiger partial charge is 0.329 e. The molecule has 0 unspecified atom stereocenters. The molecule has 0 saturated carbocycles. The standard InChI is InChI=1S/C26H24N4O6/c1-17-4-2-6-20(10-17)29-24(31)15-34-21-7-3-5-18(11-21)14-28-30-26(33)25(32)27-13-19-8-9-22-23(12-19)36-16-35-22/h2-12,14H,13,15-16H2,1H3,(H,27,32)(H,29,31)(H,30,33)/b28-14-. The molecule has 3 aromatic rings. The summed E-state index contributed by atoms with van der Waals surface area (Å²) in [6.45, 7) is 2.07. The third-order valence-corrected chi connectivity index (χ3v) is 5.01. The maximum Gasteiger partial charge on any atom is 0.329 e. The largest absolute Gasteiger partial charge is 0.484 e. The summed E-state index contributed by atoms with van der Waals surface area (Å²) in [5.41, 5.74) is 5.27. The Morgan fingerprint density at radius 1 is 0.972 bits per heavy atom. The van der Waals surface area contributed by atoms with Crippen molar-refractivity contribution in [3.63, 3.8) is 0 Å². The van der Waals surface area contributed by atoms with Gasteiger partial charge in [0.2, 0.25) is 6.79 Å². The van der Waals surface area contributed by atoms with Crippen molar-refractivity contribution in [1.29, 1.82) is 0 Å². The number of aryl methyl sites for hydroxylation is 1. The summed E-state index contributed by atoms with van der Waals surface area (Å²) in [4.78, 5) is 36.2. The average Bonchev–Trinajstić information content (AvgIpc) is 3.34. The van der Waals surface area contributed by atoms with Crippen LogP contribution in [0, 0.1) is 6.92 Å². The van der Waals surface area contributed by atoms with Gasteiger partial charge in [-0.3, -0.25) is 14.4 Å². The number of anilines is 1. The average molecular weight is 489 g/mol. The fourth-order valence-corrected chi connectivity index (χ4v) is 3.28. The third-order valence-electron chi connectivity index (χ3n) is 5.01. The van der Waals surface area contributed by atoms with Crippen molar-refractivity contribution in [1.82, 2.24) is 10.7 Å².